The molecule has 0 N–H and O–H groups in total. The first-order valence-corrected chi connectivity index (χ1v) is 11.9. The summed E-state index contributed by atoms with van der Waals surface area (Å²) in [5.74, 6) is 0.464. The highest BCUT2D eigenvalue weighted by atomic mass is 32.2. The zero-order chi connectivity index (χ0) is 18.8. The van der Waals surface area contributed by atoms with Crippen molar-refractivity contribution in [2.75, 3.05) is 19.3 Å². The smallest absolute Gasteiger partial charge is 0.224 e. The van der Waals surface area contributed by atoms with Crippen LogP contribution in [0.15, 0.2) is 64.4 Å². The highest BCUT2D eigenvalue weighted by Crippen LogP contribution is 2.27. The minimum atomic E-state index is -3.67. The van der Waals surface area contributed by atoms with E-state index in [0.717, 1.165) is 25.5 Å². The van der Waals surface area contributed by atoms with Gasteiger partial charge in [-0.1, -0.05) is 36.4 Å². The predicted molar refractivity (Wildman–Crippen MR) is 101 cm³/mol. The van der Waals surface area contributed by atoms with Crippen LogP contribution in [0.2, 0.25) is 0 Å². The Hall–Kier alpha value is -1.70. The minimum Gasteiger partial charge on any atom is -0.224 e. The molecule has 1 saturated heterocycles. The molecule has 0 bridgehead atoms. The average Bonchev–Trinajstić information content (AvgIpc) is 2.62. The van der Waals surface area contributed by atoms with Gasteiger partial charge in [0.1, 0.15) is 0 Å². The van der Waals surface area contributed by atoms with Crippen LogP contribution in [0, 0.1) is 5.92 Å². The second-order valence-electron chi connectivity index (χ2n) is 6.78. The molecule has 7 heteroatoms. The van der Waals surface area contributed by atoms with Gasteiger partial charge in [-0.25, -0.2) is 16.8 Å². The first kappa shape index (κ1) is 19.1. The van der Waals surface area contributed by atoms with Crippen molar-refractivity contribution >= 4 is 19.9 Å². The zero-order valence-electron chi connectivity index (χ0n) is 14.7. The lowest BCUT2D eigenvalue weighted by atomic mass is 9.91. The number of nitrogens with zero attached hydrogens (tertiary/aromatic N) is 1. The molecule has 0 atom stereocenters. The molecule has 1 heterocycles. The zero-order valence-corrected chi connectivity index (χ0v) is 16.3. The summed E-state index contributed by atoms with van der Waals surface area (Å²) >= 11 is 0. The molecule has 2 aromatic rings. The Kier molecular flexibility index (Phi) is 5.50. The molecule has 1 aliphatic heterocycles. The first-order valence-electron chi connectivity index (χ1n) is 8.61. The molecule has 0 aromatic heterocycles. The molecule has 0 spiro atoms. The van der Waals surface area contributed by atoms with Gasteiger partial charge in [-0.05, 0) is 48.9 Å². The fraction of sp³-hybridized carbons (Fsp3) is 0.368. The summed E-state index contributed by atoms with van der Waals surface area (Å²) in [5.41, 5.74) is 1.27. The van der Waals surface area contributed by atoms with Crippen LogP contribution in [0.25, 0.3) is 0 Å². The van der Waals surface area contributed by atoms with E-state index in [1.54, 1.807) is 0 Å². The number of sulfone groups is 1. The van der Waals surface area contributed by atoms with E-state index >= 15 is 0 Å². The predicted octanol–water partition coefficient (Wildman–Crippen LogP) is 2.73. The highest BCUT2D eigenvalue weighted by Gasteiger charge is 2.30. The van der Waals surface area contributed by atoms with E-state index in [1.165, 1.54) is 34.1 Å². The number of piperidine rings is 1. The molecule has 1 aliphatic rings. The summed E-state index contributed by atoms with van der Waals surface area (Å²) in [6, 6.07) is 15.8. The molecule has 3 rings (SSSR count). The molecule has 5 nitrogen and oxygen atoms in total. The maximum Gasteiger partial charge on any atom is 0.243 e. The lowest BCUT2D eigenvalue weighted by Gasteiger charge is -2.31. The van der Waals surface area contributed by atoms with Crippen molar-refractivity contribution in [1.82, 2.24) is 4.31 Å². The summed E-state index contributed by atoms with van der Waals surface area (Å²) in [4.78, 5) is 0.0690. The number of sulfonamides is 1. The molecule has 0 aliphatic carbocycles. The summed E-state index contributed by atoms with van der Waals surface area (Å²) in [7, 11) is -7.11. The monoisotopic (exact) mass is 393 g/mol. The van der Waals surface area contributed by atoms with E-state index in [9.17, 15) is 16.8 Å². The van der Waals surface area contributed by atoms with Crippen molar-refractivity contribution in [2.45, 2.75) is 29.1 Å². The molecule has 0 amide bonds. The molecule has 2 aromatic carbocycles. The Balaban J connectivity index is 1.70. The van der Waals surface area contributed by atoms with Gasteiger partial charge in [-0.2, -0.15) is 4.31 Å². The van der Waals surface area contributed by atoms with E-state index in [1.807, 2.05) is 18.2 Å². The van der Waals surface area contributed by atoms with Crippen molar-refractivity contribution in [3.05, 3.63) is 60.2 Å². The lowest BCUT2D eigenvalue weighted by Crippen LogP contribution is -2.38. The van der Waals surface area contributed by atoms with E-state index < -0.39 is 19.9 Å². The van der Waals surface area contributed by atoms with E-state index in [0.29, 0.717) is 19.0 Å². The van der Waals surface area contributed by atoms with Gasteiger partial charge in [-0.15, -0.1) is 0 Å². The summed E-state index contributed by atoms with van der Waals surface area (Å²) in [6.07, 6.45) is 3.64. The molecule has 1 fully saturated rings. The molecular weight excluding hydrogens is 370 g/mol. The third-order valence-corrected chi connectivity index (χ3v) is 7.82. The topological polar surface area (TPSA) is 71.5 Å². The van der Waals surface area contributed by atoms with Crippen molar-refractivity contribution in [3.63, 3.8) is 0 Å². The normalized spacial score (nSPS) is 17.3. The second kappa shape index (κ2) is 7.50. The third-order valence-electron chi connectivity index (χ3n) is 4.81. The average molecular weight is 394 g/mol. The number of hydrogen-bond acceptors (Lipinski definition) is 4. The molecule has 26 heavy (non-hydrogen) atoms. The van der Waals surface area contributed by atoms with Crippen LogP contribution in [0.3, 0.4) is 0 Å². The lowest BCUT2D eigenvalue weighted by molar-refractivity contribution is 0.273. The van der Waals surface area contributed by atoms with E-state index in [-0.39, 0.29) is 9.79 Å². The van der Waals surface area contributed by atoms with E-state index in [2.05, 4.69) is 12.1 Å². The van der Waals surface area contributed by atoms with E-state index in [4.69, 9.17) is 0 Å². The first-order chi connectivity index (χ1) is 12.3. The van der Waals surface area contributed by atoms with Gasteiger partial charge in [-0.3, -0.25) is 0 Å². The maximum atomic E-state index is 12.9. The van der Waals surface area contributed by atoms with Gasteiger partial charge in [0.2, 0.25) is 10.0 Å². The van der Waals surface area contributed by atoms with Crippen molar-refractivity contribution < 1.29 is 16.8 Å². The quantitative estimate of drug-likeness (QED) is 0.783. The van der Waals surface area contributed by atoms with Gasteiger partial charge >= 0.3 is 0 Å². The Labute approximate surface area is 155 Å². The SMILES string of the molecule is CS(=O)(=O)c1cccc(S(=O)(=O)N2CCC(Cc3ccccc3)CC2)c1. The van der Waals surface area contributed by atoms with Crippen molar-refractivity contribution in [3.8, 4) is 0 Å². The van der Waals surface area contributed by atoms with Crippen LogP contribution < -0.4 is 0 Å². The molecule has 0 radical (unpaired) electrons. The van der Waals surface area contributed by atoms with Crippen LogP contribution in [0.5, 0.6) is 0 Å². The molecule has 0 saturated carbocycles. The third kappa shape index (κ3) is 4.34. The Bertz CT molecular complexity index is 962. The number of hydrogen-bond donors (Lipinski definition) is 0. The fourth-order valence-corrected chi connectivity index (χ4v) is 5.57. The van der Waals surface area contributed by atoms with Gasteiger partial charge in [0.15, 0.2) is 9.84 Å². The van der Waals surface area contributed by atoms with Gasteiger partial charge in [0.05, 0.1) is 9.79 Å². The Morgan fingerprint density at radius 2 is 1.50 bits per heavy atom. The Morgan fingerprint density at radius 1 is 0.885 bits per heavy atom. The molecule has 0 unspecified atom stereocenters. The molecular formula is C19H23NO4S2. The van der Waals surface area contributed by atoms with Gasteiger partial charge in [0, 0.05) is 19.3 Å². The van der Waals surface area contributed by atoms with Crippen LogP contribution in [-0.4, -0.2) is 40.5 Å². The fourth-order valence-electron chi connectivity index (χ4n) is 3.32. The van der Waals surface area contributed by atoms with Crippen LogP contribution >= 0.6 is 0 Å². The van der Waals surface area contributed by atoms with Crippen LogP contribution in [0.1, 0.15) is 18.4 Å². The van der Waals surface area contributed by atoms with Gasteiger partial charge < -0.3 is 0 Å². The number of benzene rings is 2. The maximum absolute atomic E-state index is 12.9. The minimum absolute atomic E-state index is 0.0255. The Morgan fingerprint density at radius 3 is 2.12 bits per heavy atom. The van der Waals surface area contributed by atoms with Crippen LogP contribution in [-0.2, 0) is 26.3 Å². The van der Waals surface area contributed by atoms with Crippen molar-refractivity contribution in [1.29, 1.82) is 0 Å². The summed E-state index contributed by atoms with van der Waals surface area (Å²) in [6.45, 7) is 0.922. The largest absolute Gasteiger partial charge is 0.243 e. The summed E-state index contributed by atoms with van der Waals surface area (Å²) in [5, 5.41) is 0. The highest BCUT2D eigenvalue weighted by molar-refractivity contribution is 7.91. The van der Waals surface area contributed by atoms with Gasteiger partial charge in [0.25, 0.3) is 0 Å². The second-order valence-corrected chi connectivity index (χ2v) is 10.7. The standard InChI is InChI=1S/C19H23NO4S2/c1-25(21,22)18-8-5-9-19(15-18)26(23,24)20-12-10-17(11-13-20)14-16-6-3-2-4-7-16/h2-9,15,17H,10-14H2,1H3. The number of rotatable bonds is 5. The van der Waals surface area contributed by atoms with Crippen LogP contribution in [0.4, 0.5) is 0 Å². The molecule has 140 valence electrons. The summed E-state index contributed by atoms with van der Waals surface area (Å²) < 4.78 is 50.6. The van der Waals surface area contributed by atoms with Crippen molar-refractivity contribution in [2.24, 2.45) is 5.92 Å².